The van der Waals surface area contributed by atoms with Gasteiger partial charge in [0.2, 0.25) is 0 Å². The fourth-order valence-electron chi connectivity index (χ4n) is 2.25. The van der Waals surface area contributed by atoms with E-state index in [0.717, 1.165) is 15.2 Å². The van der Waals surface area contributed by atoms with Crippen molar-refractivity contribution >= 4 is 33.2 Å². The molecule has 0 aliphatic heterocycles. The molecule has 0 bridgehead atoms. The summed E-state index contributed by atoms with van der Waals surface area (Å²) in [6.07, 6.45) is 3.60. The van der Waals surface area contributed by atoms with E-state index in [2.05, 4.69) is 0 Å². The van der Waals surface area contributed by atoms with Crippen molar-refractivity contribution in [3.8, 4) is 0 Å². The minimum Gasteiger partial charge on any atom is -0.329 e. The first-order chi connectivity index (χ1) is 7.75. The number of benzene rings is 1. The van der Waals surface area contributed by atoms with Crippen molar-refractivity contribution in [3.63, 3.8) is 0 Å². The quantitative estimate of drug-likeness (QED) is 0.891. The number of nitrogens with two attached hydrogens (primary N) is 1. The zero-order valence-electron chi connectivity index (χ0n) is 8.87. The molecule has 0 radical (unpaired) electrons. The largest absolute Gasteiger partial charge is 0.329 e. The Morgan fingerprint density at radius 1 is 1.44 bits per heavy atom. The van der Waals surface area contributed by atoms with E-state index in [0.29, 0.717) is 6.54 Å². The van der Waals surface area contributed by atoms with Crippen LogP contribution in [0, 0.1) is 0 Å². The fraction of sp³-hybridized carbons (Fsp3) is 0.417. The zero-order valence-corrected chi connectivity index (χ0v) is 10.4. The molecule has 1 fully saturated rings. The maximum Gasteiger partial charge on any atom is 0.101 e. The van der Waals surface area contributed by atoms with Gasteiger partial charge in [-0.3, -0.25) is 0 Å². The van der Waals surface area contributed by atoms with Gasteiger partial charge in [0.25, 0.3) is 0 Å². The molecule has 16 heavy (non-hydrogen) atoms. The van der Waals surface area contributed by atoms with Crippen LogP contribution in [0.2, 0.25) is 5.02 Å². The van der Waals surface area contributed by atoms with Gasteiger partial charge >= 0.3 is 0 Å². The van der Waals surface area contributed by atoms with Crippen molar-refractivity contribution in [2.75, 3.05) is 6.54 Å². The van der Waals surface area contributed by atoms with E-state index in [9.17, 15) is 0 Å². The number of hydrogen-bond acceptors (Lipinski definition) is 3. The summed E-state index contributed by atoms with van der Waals surface area (Å²) in [7, 11) is 0. The van der Waals surface area contributed by atoms with Crippen LogP contribution >= 0.6 is 22.9 Å². The molecule has 84 valence electrons. The summed E-state index contributed by atoms with van der Waals surface area (Å²) in [5.74, 6) is 0. The molecule has 1 aromatic heterocycles. The van der Waals surface area contributed by atoms with Crippen LogP contribution in [0.15, 0.2) is 18.2 Å². The average Bonchev–Trinajstić information content (AvgIpc) is 2.62. The summed E-state index contributed by atoms with van der Waals surface area (Å²) in [6.45, 7) is 0.699. The van der Waals surface area contributed by atoms with Crippen molar-refractivity contribution in [2.24, 2.45) is 5.73 Å². The number of nitrogens with zero attached hydrogens (tertiary/aromatic N) is 1. The van der Waals surface area contributed by atoms with E-state index in [1.54, 1.807) is 11.3 Å². The first kappa shape index (κ1) is 10.5. The lowest BCUT2D eigenvalue weighted by Gasteiger charge is -2.38. The molecule has 4 heteroatoms. The molecular formula is C12H13ClN2S. The highest BCUT2D eigenvalue weighted by Crippen LogP contribution is 2.46. The van der Waals surface area contributed by atoms with Gasteiger partial charge in [0.1, 0.15) is 5.01 Å². The third-order valence-electron chi connectivity index (χ3n) is 3.52. The molecule has 1 saturated carbocycles. The smallest absolute Gasteiger partial charge is 0.101 e. The Balaban J connectivity index is 2.15. The summed E-state index contributed by atoms with van der Waals surface area (Å²) in [6, 6.07) is 5.88. The van der Waals surface area contributed by atoms with Crippen LogP contribution in [0.3, 0.4) is 0 Å². The van der Waals surface area contributed by atoms with Gasteiger partial charge in [-0.25, -0.2) is 4.98 Å². The predicted octanol–water partition coefficient (Wildman–Crippen LogP) is 3.33. The fourth-order valence-corrected chi connectivity index (χ4v) is 3.76. The lowest BCUT2D eigenvalue weighted by atomic mass is 9.69. The van der Waals surface area contributed by atoms with Gasteiger partial charge in [-0.1, -0.05) is 24.1 Å². The van der Waals surface area contributed by atoms with Gasteiger partial charge in [-0.05, 0) is 25.0 Å². The van der Waals surface area contributed by atoms with Crippen LogP contribution in [0.1, 0.15) is 24.3 Å². The number of hydrogen-bond donors (Lipinski definition) is 1. The van der Waals surface area contributed by atoms with Gasteiger partial charge in [-0.15, -0.1) is 11.3 Å². The molecule has 2 aromatic rings. The van der Waals surface area contributed by atoms with Crippen LogP contribution in [-0.4, -0.2) is 11.5 Å². The Morgan fingerprint density at radius 3 is 2.81 bits per heavy atom. The van der Waals surface area contributed by atoms with E-state index in [1.165, 1.54) is 24.3 Å². The van der Waals surface area contributed by atoms with Crippen molar-refractivity contribution in [1.82, 2.24) is 4.98 Å². The maximum atomic E-state index is 6.16. The Labute approximate surface area is 103 Å². The molecule has 2 N–H and O–H groups in total. The van der Waals surface area contributed by atoms with Crippen LogP contribution in [-0.2, 0) is 5.41 Å². The molecule has 1 aromatic carbocycles. The zero-order chi connectivity index (χ0) is 11.2. The van der Waals surface area contributed by atoms with E-state index in [4.69, 9.17) is 22.3 Å². The third-order valence-corrected chi connectivity index (χ3v) is 5.30. The standard InChI is InChI=1S/C12H13ClN2S/c13-8-3-1-4-9-10(8)16-11(15-9)12(7-14)5-2-6-12/h1,3-4H,2,5-7,14H2. The monoisotopic (exact) mass is 252 g/mol. The molecule has 1 aliphatic carbocycles. The van der Waals surface area contributed by atoms with Gasteiger partial charge in [-0.2, -0.15) is 0 Å². The maximum absolute atomic E-state index is 6.16. The molecule has 0 unspecified atom stereocenters. The number of fused-ring (bicyclic) bond motifs is 1. The number of aromatic nitrogens is 1. The minimum absolute atomic E-state index is 0.146. The summed E-state index contributed by atoms with van der Waals surface area (Å²) in [5.41, 5.74) is 7.05. The van der Waals surface area contributed by atoms with E-state index in [1.807, 2.05) is 18.2 Å². The number of halogens is 1. The van der Waals surface area contributed by atoms with Gasteiger partial charge < -0.3 is 5.73 Å². The van der Waals surface area contributed by atoms with Gasteiger partial charge in [0.15, 0.2) is 0 Å². The highest BCUT2D eigenvalue weighted by Gasteiger charge is 2.40. The predicted molar refractivity (Wildman–Crippen MR) is 69.2 cm³/mol. The Morgan fingerprint density at radius 2 is 2.25 bits per heavy atom. The minimum atomic E-state index is 0.146. The van der Waals surface area contributed by atoms with Crippen molar-refractivity contribution < 1.29 is 0 Å². The molecule has 0 spiro atoms. The Kier molecular flexibility index (Phi) is 2.42. The highest BCUT2D eigenvalue weighted by atomic mass is 35.5. The van der Waals surface area contributed by atoms with Crippen molar-refractivity contribution in [2.45, 2.75) is 24.7 Å². The topological polar surface area (TPSA) is 38.9 Å². The molecule has 2 nitrogen and oxygen atoms in total. The first-order valence-electron chi connectivity index (χ1n) is 5.51. The number of thiazole rings is 1. The van der Waals surface area contributed by atoms with Crippen LogP contribution < -0.4 is 5.73 Å². The van der Waals surface area contributed by atoms with Crippen LogP contribution in [0.5, 0.6) is 0 Å². The molecular weight excluding hydrogens is 240 g/mol. The lowest BCUT2D eigenvalue weighted by molar-refractivity contribution is 0.252. The van der Waals surface area contributed by atoms with Crippen LogP contribution in [0.25, 0.3) is 10.2 Å². The van der Waals surface area contributed by atoms with Gasteiger partial charge in [0.05, 0.1) is 15.2 Å². The Hall–Kier alpha value is -0.640. The van der Waals surface area contributed by atoms with Crippen molar-refractivity contribution in [3.05, 3.63) is 28.2 Å². The lowest BCUT2D eigenvalue weighted by Crippen LogP contribution is -2.41. The second-order valence-electron chi connectivity index (χ2n) is 4.45. The summed E-state index contributed by atoms with van der Waals surface area (Å²) in [4.78, 5) is 4.69. The summed E-state index contributed by atoms with van der Waals surface area (Å²) in [5, 5.41) is 1.97. The second kappa shape index (κ2) is 3.69. The second-order valence-corrected chi connectivity index (χ2v) is 5.85. The first-order valence-corrected chi connectivity index (χ1v) is 6.70. The molecule has 3 rings (SSSR count). The molecule has 1 heterocycles. The summed E-state index contributed by atoms with van der Waals surface area (Å²) >= 11 is 7.87. The highest BCUT2D eigenvalue weighted by molar-refractivity contribution is 7.19. The van der Waals surface area contributed by atoms with E-state index >= 15 is 0 Å². The van der Waals surface area contributed by atoms with Crippen LogP contribution in [0.4, 0.5) is 0 Å². The SMILES string of the molecule is NCC1(c2nc3cccc(Cl)c3s2)CCC1. The molecule has 1 aliphatic rings. The average molecular weight is 253 g/mol. The molecule has 0 atom stereocenters. The van der Waals surface area contributed by atoms with E-state index in [-0.39, 0.29) is 5.41 Å². The summed E-state index contributed by atoms with van der Waals surface area (Å²) < 4.78 is 1.10. The van der Waals surface area contributed by atoms with Gasteiger partial charge in [0, 0.05) is 12.0 Å². The normalized spacial score (nSPS) is 18.6. The number of rotatable bonds is 2. The molecule has 0 saturated heterocycles. The van der Waals surface area contributed by atoms with E-state index < -0.39 is 0 Å². The Bertz CT molecular complexity index is 525. The molecule has 0 amide bonds. The van der Waals surface area contributed by atoms with Crippen molar-refractivity contribution in [1.29, 1.82) is 0 Å². The third kappa shape index (κ3) is 1.39.